The quantitative estimate of drug-likeness (QED) is 0.362. The van der Waals surface area contributed by atoms with Gasteiger partial charge in [-0.2, -0.15) is 12.6 Å². The molecule has 12 heavy (non-hydrogen) atoms. The van der Waals surface area contributed by atoms with Crippen LogP contribution in [0.3, 0.4) is 0 Å². The molecular formula is C5H9ClFeNO3S+2. The summed E-state index contributed by atoms with van der Waals surface area (Å²) in [6, 6.07) is -0.874. The molecule has 0 spiro atoms. The normalized spacial score (nSPS) is 10.2. The van der Waals surface area contributed by atoms with Crippen molar-refractivity contribution >= 4 is 24.5 Å². The summed E-state index contributed by atoms with van der Waals surface area (Å²) in [7, 11) is 0. The van der Waals surface area contributed by atoms with E-state index in [9.17, 15) is 9.59 Å². The number of carbonyl (C=O) groups excluding carboxylic acids is 1. The molecule has 1 unspecified atom stereocenters. The van der Waals surface area contributed by atoms with Crippen molar-refractivity contribution in [3.05, 3.63) is 0 Å². The number of amides is 1. The Kier molecular flexibility index (Phi) is 13.8. The Bertz CT molecular complexity index is 158. The summed E-state index contributed by atoms with van der Waals surface area (Å²) in [6.07, 6.45) is 0. The second-order valence-electron chi connectivity index (χ2n) is 1.77. The Hall–Kier alpha value is 0.0995. The number of rotatable bonds is 3. The van der Waals surface area contributed by atoms with Crippen LogP contribution in [0, 0.1) is 0 Å². The fraction of sp³-hybridized carbons (Fsp3) is 0.600. The minimum absolute atomic E-state index is 0. The third-order valence-corrected chi connectivity index (χ3v) is 1.22. The summed E-state index contributed by atoms with van der Waals surface area (Å²) in [6.45, 7) is 1.26. The first-order valence-corrected chi connectivity index (χ1v) is 3.32. The Balaban J connectivity index is -0.000000405. The van der Waals surface area contributed by atoms with Crippen LogP contribution >= 0.6 is 12.6 Å². The minimum Gasteiger partial charge on any atom is -1.00 e. The average molecular weight is 254 g/mol. The van der Waals surface area contributed by atoms with Gasteiger partial charge in [-0.15, -0.1) is 0 Å². The number of carboxylic acid groups (broad SMARTS) is 1. The molecule has 1 amide bonds. The van der Waals surface area contributed by atoms with Crippen LogP contribution in [0.1, 0.15) is 6.92 Å². The number of carbonyl (C=O) groups is 2. The number of halogens is 1. The SMILES string of the molecule is CC(=O)NC(CS)C(=O)O.[Cl-].[Fe+3]. The van der Waals surface area contributed by atoms with Crippen LogP contribution in [0.15, 0.2) is 0 Å². The molecule has 2 N–H and O–H groups in total. The first-order chi connectivity index (χ1) is 4.57. The van der Waals surface area contributed by atoms with Gasteiger partial charge < -0.3 is 22.8 Å². The van der Waals surface area contributed by atoms with Crippen LogP contribution in [0.4, 0.5) is 0 Å². The summed E-state index contributed by atoms with van der Waals surface area (Å²) in [5.41, 5.74) is 0. The molecule has 0 aliphatic carbocycles. The molecule has 0 aromatic carbocycles. The molecular weight excluding hydrogens is 245 g/mol. The van der Waals surface area contributed by atoms with Crippen molar-refractivity contribution in [2.24, 2.45) is 0 Å². The van der Waals surface area contributed by atoms with Gasteiger partial charge in [0.15, 0.2) is 0 Å². The Morgan fingerprint density at radius 3 is 2.08 bits per heavy atom. The van der Waals surface area contributed by atoms with Crippen molar-refractivity contribution < 1.29 is 44.2 Å². The van der Waals surface area contributed by atoms with Gasteiger partial charge in [-0.1, -0.05) is 0 Å². The topological polar surface area (TPSA) is 66.4 Å². The minimum atomic E-state index is -1.06. The van der Waals surface area contributed by atoms with E-state index in [1.807, 2.05) is 0 Å². The predicted octanol–water partition coefficient (Wildman–Crippen LogP) is -3.49. The van der Waals surface area contributed by atoms with Gasteiger partial charge in [0.1, 0.15) is 6.04 Å². The molecule has 0 heterocycles. The van der Waals surface area contributed by atoms with E-state index in [1.54, 1.807) is 0 Å². The third kappa shape index (κ3) is 8.20. The van der Waals surface area contributed by atoms with Crippen LogP contribution in [0.5, 0.6) is 0 Å². The van der Waals surface area contributed by atoms with Crippen LogP contribution in [-0.2, 0) is 26.7 Å². The van der Waals surface area contributed by atoms with Gasteiger partial charge in [-0.05, 0) is 0 Å². The van der Waals surface area contributed by atoms with E-state index in [2.05, 4.69) is 17.9 Å². The number of carboxylic acids is 1. The Morgan fingerprint density at radius 2 is 2.00 bits per heavy atom. The summed E-state index contributed by atoms with van der Waals surface area (Å²) in [5, 5.41) is 10.6. The third-order valence-electron chi connectivity index (χ3n) is 0.858. The van der Waals surface area contributed by atoms with Crippen LogP contribution < -0.4 is 17.7 Å². The zero-order valence-corrected chi connectivity index (χ0v) is 8.98. The van der Waals surface area contributed by atoms with Crippen molar-refractivity contribution in [3.8, 4) is 0 Å². The molecule has 1 atom stereocenters. The monoisotopic (exact) mass is 254 g/mol. The van der Waals surface area contributed by atoms with E-state index in [0.717, 1.165) is 0 Å². The van der Waals surface area contributed by atoms with Crippen LogP contribution in [-0.4, -0.2) is 28.8 Å². The number of aliphatic carboxylic acids is 1. The maximum Gasteiger partial charge on any atom is 3.00 e. The van der Waals surface area contributed by atoms with Gasteiger partial charge in [0.05, 0.1) is 0 Å². The van der Waals surface area contributed by atoms with E-state index in [1.165, 1.54) is 6.92 Å². The van der Waals surface area contributed by atoms with Gasteiger partial charge in [-0.25, -0.2) is 4.79 Å². The van der Waals surface area contributed by atoms with Crippen LogP contribution in [0.25, 0.3) is 0 Å². The second-order valence-corrected chi connectivity index (χ2v) is 2.14. The molecule has 0 fully saturated rings. The van der Waals surface area contributed by atoms with E-state index >= 15 is 0 Å². The van der Waals surface area contributed by atoms with Crippen molar-refractivity contribution in [1.29, 1.82) is 0 Å². The molecule has 7 heteroatoms. The van der Waals surface area contributed by atoms with E-state index in [-0.39, 0.29) is 41.1 Å². The molecule has 0 aromatic rings. The molecule has 71 valence electrons. The van der Waals surface area contributed by atoms with E-state index in [0.29, 0.717) is 0 Å². The smallest absolute Gasteiger partial charge is 1.00 e. The van der Waals surface area contributed by atoms with Crippen molar-refractivity contribution in [3.63, 3.8) is 0 Å². The summed E-state index contributed by atoms with van der Waals surface area (Å²) in [4.78, 5) is 20.5. The van der Waals surface area contributed by atoms with Gasteiger partial charge in [-0.3, -0.25) is 4.79 Å². The molecule has 0 aliphatic heterocycles. The van der Waals surface area contributed by atoms with Crippen molar-refractivity contribution in [2.45, 2.75) is 13.0 Å². The first-order valence-electron chi connectivity index (χ1n) is 2.68. The number of thiol groups is 1. The maximum absolute atomic E-state index is 10.3. The molecule has 0 aliphatic rings. The van der Waals surface area contributed by atoms with E-state index < -0.39 is 12.0 Å². The van der Waals surface area contributed by atoms with Gasteiger partial charge >= 0.3 is 23.0 Å². The van der Waals surface area contributed by atoms with Gasteiger partial charge in [0, 0.05) is 12.7 Å². The number of hydrogen-bond donors (Lipinski definition) is 3. The van der Waals surface area contributed by atoms with Crippen molar-refractivity contribution in [1.82, 2.24) is 5.32 Å². The van der Waals surface area contributed by atoms with E-state index in [4.69, 9.17) is 5.11 Å². The van der Waals surface area contributed by atoms with Crippen LogP contribution in [0.2, 0.25) is 0 Å². The zero-order chi connectivity index (χ0) is 8.15. The fourth-order valence-corrected chi connectivity index (χ4v) is 0.678. The summed E-state index contributed by atoms with van der Waals surface area (Å²) < 4.78 is 0. The zero-order valence-electron chi connectivity index (χ0n) is 6.23. The second kappa shape index (κ2) is 9.19. The number of nitrogens with one attached hydrogen (secondary N) is 1. The Morgan fingerprint density at radius 1 is 1.58 bits per heavy atom. The standard InChI is InChI=1S/C5H9NO3S.ClH.Fe/c1-3(7)6-4(2-10)5(8)9;;/h4,10H,2H2,1H3,(H,6,7)(H,8,9);1H;/q;;+3/p-1. The first kappa shape index (κ1) is 18.0. The molecule has 0 saturated heterocycles. The maximum atomic E-state index is 10.3. The van der Waals surface area contributed by atoms with Gasteiger partial charge in [0.2, 0.25) is 5.91 Å². The molecule has 0 rings (SSSR count). The molecule has 0 saturated carbocycles. The number of hydrogen-bond acceptors (Lipinski definition) is 3. The molecule has 4 nitrogen and oxygen atoms in total. The fourth-order valence-electron chi connectivity index (χ4n) is 0.431. The van der Waals surface area contributed by atoms with Gasteiger partial charge in [0.25, 0.3) is 0 Å². The van der Waals surface area contributed by atoms with Crippen molar-refractivity contribution in [2.75, 3.05) is 5.75 Å². The summed E-state index contributed by atoms with van der Waals surface area (Å²) in [5.74, 6) is -1.32. The average Bonchev–Trinajstić information content (AvgIpc) is 1.81. The largest absolute Gasteiger partial charge is 3.00 e. The predicted molar refractivity (Wildman–Crippen MR) is 39.1 cm³/mol. The molecule has 1 radical (unpaired) electrons. The molecule has 0 bridgehead atoms. The molecule has 0 aromatic heterocycles. The summed E-state index contributed by atoms with van der Waals surface area (Å²) >= 11 is 3.73. The Labute approximate surface area is 92.8 Å².